The first-order valence-electron chi connectivity index (χ1n) is 5.97. The molecule has 0 aliphatic carbocycles. The van der Waals surface area contributed by atoms with E-state index in [1.807, 2.05) is 18.2 Å². The number of rotatable bonds is 4. The molecule has 0 radical (unpaired) electrons. The Kier molecular flexibility index (Phi) is 4.07. The standard InChI is InChI=1S/C15H17FN2/c1-11-5-2-3-6-12(11)10-15(18-17)13-7-4-8-14(16)9-13/h2-9,15,18H,10,17H2,1H3. The van der Waals surface area contributed by atoms with Crippen molar-refractivity contribution in [2.45, 2.75) is 19.4 Å². The first-order chi connectivity index (χ1) is 8.70. The quantitative estimate of drug-likeness (QED) is 0.641. The summed E-state index contributed by atoms with van der Waals surface area (Å²) in [6, 6.07) is 14.6. The lowest BCUT2D eigenvalue weighted by molar-refractivity contribution is 0.543. The maximum atomic E-state index is 13.2. The van der Waals surface area contributed by atoms with Crippen LogP contribution in [0.3, 0.4) is 0 Å². The normalized spacial score (nSPS) is 12.4. The zero-order valence-corrected chi connectivity index (χ0v) is 10.4. The maximum absolute atomic E-state index is 13.2. The van der Waals surface area contributed by atoms with Gasteiger partial charge >= 0.3 is 0 Å². The van der Waals surface area contributed by atoms with Gasteiger partial charge in [-0.05, 0) is 42.2 Å². The maximum Gasteiger partial charge on any atom is 0.123 e. The third-order valence-electron chi connectivity index (χ3n) is 3.14. The van der Waals surface area contributed by atoms with Crippen LogP contribution in [0.2, 0.25) is 0 Å². The molecule has 0 bridgehead atoms. The van der Waals surface area contributed by atoms with Crippen molar-refractivity contribution in [2.75, 3.05) is 0 Å². The van der Waals surface area contributed by atoms with Crippen molar-refractivity contribution in [3.8, 4) is 0 Å². The van der Waals surface area contributed by atoms with E-state index < -0.39 is 0 Å². The molecule has 2 rings (SSSR count). The van der Waals surface area contributed by atoms with Gasteiger partial charge in [-0.25, -0.2) is 4.39 Å². The SMILES string of the molecule is Cc1ccccc1CC(NN)c1cccc(F)c1. The number of halogens is 1. The summed E-state index contributed by atoms with van der Waals surface area (Å²) in [5, 5.41) is 0. The first-order valence-corrected chi connectivity index (χ1v) is 5.97. The Morgan fingerprint density at radius 3 is 2.61 bits per heavy atom. The molecule has 2 aromatic rings. The minimum atomic E-state index is -0.238. The highest BCUT2D eigenvalue weighted by molar-refractivity contribution is 5.29. The first kappa shape index (κ1) is 12.7. The Bertz CT molecular complexity index is 525. The van der Waals surface area contributed by atoms with E-state index in [2.05, 4.69) is 24.5 Å². The lowest BCUT2D eigenvalue weighted by Crippen LogP contribution is -2.29. The van der Waals surface area contributed by atoms with Gasteiger partial charge in [-0.15, -0.1) is 0 Å². The van der Waals surface area contributed by atoms with Gasteiger partial charge in [0.1, 0.15) is 5.82 Å². The molecule has 94 valence electrons. The van der Waals surface area contributed by atoms with Crippen molar-refractivity contribution in [3.05, 3.63) is 71.0 Å². The number of nitrogens with two attached hydrogens (primary N) is 1. The third kappa shape index (κ3) is 2.94. The Morgan fingerprint density at radius 1 is 1.17 bits per heavy atom. The largest absolute Gasteiger partial charge is 0.271 e. The van der Waals surface area contributed by atoms with E-state index in [9.17, 15) is 4.39 Å². The molecule has 1 atom stereocenters. The molecule has 0 spiro atoms. The Hall–Kier alpha value is -1.71. The average molecular weight is 244 g/mol. The monoisotopic (exact) mass is 244 g/mol. The van der Waals surface area contributed by atoms with E-state index in [0.29, 0.717) is 0 Å². The summed E-state index contributed by atoms with van der Waals surface area (Å²) in [6.45, 7) is 2.06. The van der Waals surface area contributed by atoms with Gasteiger partial charge in [0.05, 0.1) is 6.04 Å². The molecule has 18 heavy (non-hydrogen) atoms. The van der Waals surface area contributed by atoms with Gasteiger partial charge in [0.25, 0.3) is 0 Å². The molecule has 0 heterocycles. The predicted octanol–water partition coefficient (Wildman–Crippen LogP) is 2.88. The highest BCUT2D eigenvalue weighted by atomic mass is 19.1. The van der Waals surface area contributed by atoms with Crippen LogP contribution in [0, 0.1) is 12.7 Å². The summed E-state index contributed by atoms with van der Waals surface area (Å²) >= 11 is 0. The van der Waals surface area contributed by atoms with Gasteiger partial charge in [0.15, 0.2) is 0 Å². The number of hydrogen-bond acceptors (Lipinski definition) is 2. The molecule has 1 unspecified atom stereocenters. The molecule has 2 aromatic carbocycles. The van der Waals surface area contributed by atoms with Gasteiger partial charge in [0.2, 0.25) is 0 Å². The van der Waals surface area contributed by atoms with Crippen LogP contribution in [0.1, 0.15) is 22.7 Å². The second-order valence-electron chi connectivity index (χ2n) is 4.40. The van der Waals surface area contributed by atoms with Crippen molar-refractivity contribution >= 4 is 0 Å². The predicted molar refractivity (Wildman–Crippen MR) is 71.3 cm³/mol. The van der Waals surface area contributed by atoms with E-state index in [0.717, 1.165) is 12.0 Å². The zero-order valence-electron chi connectivity index (χ0n) is 10.4. The molecule has 2 nitrogen and oxygen atoms in total. The van der Waals surface area contributed by atoms with Gasteiger partial charge in [0, 0.05) is 0 Å². The number of aryl methyl sites for hydroxylation is 1. The third-order valence-corrected chi connectivity index (χ3v) is 3.14. The van der Waals surface area contributed by atoms with Gasteiger partial charge in [-0.1, -0.05) is 36.4 Å². The molecule has 0 aliphatic heterocycles. The fraction of sp³-hybridized carbons (Fsp3) is 0.200. The summed E-state index contributed by atoms with van der Waals surface area (Å²) < 4.78 is 13.2. The van der Waals surface area contributed by atoms with E-state index in [1.165, 1.54) is 23.3 Å². The van der Waals surface area contributed by atoms with Crippen molar-refractivity contribution in [1.29, 1.82) is 0 Å². The van der Waals surface area contributed by atoms with Gasteiger partial charge < -0.3 is 0 Å². The molecular formula is C15H17FN2. The topological polar surface area (TPSA) is 38.0 Å². The highest BCUT2D eigenvalue weighted by Crippen LogP contribution is 2.20. The van der Waals surface area contributed by atoms with Gasteiger partial charge in [-0.3, -0.25) is 11.3 Å². The van der Waals surface area contributed by atoms with Crippen LogP contribution in [0.4, 0.5) is 4.39 Å². The van der Waals surface area contributed by atoms with E-state index in [1.54, 1.807) is 6.07 Å². The summed E-state index contributed by atoms with van der Waals surface area (Å²) in [7, 11) is 0. The second-order valence-corrected chi connectivity index (χ2v) is 4.40. The lowest BCUT2D eigenvalue weighted by Gasteiger charge is -2.17. The molecule has 3 N–H and O–H groups in total. The summed E-state index contributed by atoms with van der Waals surface area (Å²) in [6.07, 6.45) is 0.743. The molecule has 0 saturated heterocycles. The van der Waals surface area contributed by atoms with Gasteiger partial charge in [-0.2, -0.15) is 0 Å². The van der Waals surface area contributed by atoms with Crippen molar-refractivity contribution in [3.63, 3.8) is 0 Å². The van der Waals surface area contributed by atoms with Crippen LogP contribution in [-0.4, -0.2) is 0 Å². The van der Waals surface area contributed by atoms with Crippen LogP contribution >= 0.6 is 0 Å². The van der Waals surface area contributed by atoms with Crippen LogP contribution in [0.15, 0.2) is 48.5 Å². The smallest absolute Gasteiger partial charge is 0.123 e. The fourth-order valence-electron chi connectivity index (χ4n) is 2.06. The molecular weight excluding hydrogens is 227 g/mol. The average Bonchev–Trinajstić information content (AvgIpc) is 2.38. The molecule has 0 amide bonds. The number of hydrazine groups is 1. The second kappa shape index (κ2) is 5.76. The number of benzene rings is 2. The van der Waals surface area contributed by atoms with E-state index in [4.69, 9.17) is 5.84 Å². The van der Waals surface area contributed by atoms with Crippen LogP contribution < -0.4 is 11.3 Å². The summed E-state index contributed by atoms with van der Waals surface area (Å²) in [4.78, 5) is 0. The Labute approximate surface area is 107 Å². The molecule has 3 heteroatoms. The van der Waals surface area contributed by atoms with Crippen molar-refractivity contribution in [2.24, 2.45) is 5.84 Å². The molecule has 0 saturated carbocycles. The highest BCUT2D eigenvalue weighted by Gasteiger charge is 2.12. The minimum absolute atomic E-state index is 0.0817. The molecule has 0 aromatic heterocycles. The van der Waals surface area contributed by atoms with Crippen LogP contribution in [0.25, 0.3) is 0 Å². The van der Waals surface area contributed by atoms with Crippen LogP contribution in [-0.2, 0) is 6.42 Å². The number of nitrogens with one attached hydrogen (secondary N) is 1. The van der Waals surface area contributed by atoms with Crippen molar-refractivity contribution in [1.82, 2.24) is 5.43 Å². The number of hydrogen-bond donors (Lipinski definition) is 2. The zero-order chi connectivity index (χ0) is 13.0. The van der Waals surface area contributed by atoms with E-state index >= 15 is 0 Å². The van der Waals surface area contributed by atoms with Crippen LogP contribution in [0.5, 0.6) is 0 Å². The van der Waals surface area contributed by atoms with E-state index in [-0.39, 0.29) is 11.9 Å². The molecule has 0 aliphatic rings. The molecule has 0 fully saturated rings. The minimum Gasteiger partial charge on any atom is -0.271 e. The lowest BCUT2D eigenvalue weighted by atomic mass is 9.96. The summed E-state index contributed by atoms with van der Waals surface area (Å²) in [5.41, 5.74) is 6.05. The summed E-state index contributed by atoms with van der Waals surface area (Å²) in [5.74, 6) is 5.34. The Morgan fingerprint density at radius 2 is 1.94 bits per heavy atom. The fourth-order valence-corrected chi connectivity index (χ4v) is 2.06. The van der Waals surface area contributed by atoms with Crippen molar-refractivity contribution < 1.29 is 4.39 Å². The Balaban J connectivity index is 2.23.